The van der Waals surface area contributed by atoms with Crippen LogP contribution in [0.5, 0.6) is 0 Å². The molecule has 6 heteroatoms. The summed E-state index contributed by atoms with van der Waals surface area (Å²) in [6, 6.07) is 13.4. The quantitative estimate of drug-likeness (QED) is 0.917. The molecule has 0 amide bonds. The van der Waals surface area contributed by atoms with Gasteiger partial charge in [0.2, 0.25) is 0 Å². The van der Waals surface area contributed by atoms with Crippen LogP contribution in [0.1, 0.15) is 12.5 Å². The van der Waals surface area contributed by atoms with E-state index in [1.165, 1.54) is 4.31 Å². The van der Waals surface area contributed by atoms with Crippen LogP contribution >= 0.6 is 11.6 Å². The number of para-hydroxylation sites is 1. The number of rotatable bonds is 2. The molecule has 0 fully saturated rings. The van der Waals surface area contributed by atoms with E-state index in [1.54, 1.807) is 55.5 Å². The van der Waals surface area contributed by atoms with Crippen LogP contribution in [0.2, 0.25) is 5.02 Å². The van der Waals surface area contributed by atoms with Crippen molar-refractivity contribution in [1.82, 2.24) is 0 Å². The first-order valence-electron chi connectivity index (χ1n) is 6.79. The van der Waals surface area contributed by atoms with Crippen LogP contribution in [0.15, 0.2) is 59.1 Å². The van der Waals surface area contributed by atoms with E-state index in [9.17, 15) is 8.42 Å². The van der Waals surface area contributed by atoms with Crippen LogP contribution in [0.25, 0.3) is 6.08 Å². The first kappa shape index (κ1) is 15.1. The van der Waals surface area contributed by atoms with E-state index in [0.717, 1.165) is 0 Å². The Morgan fingerprint density at radius 1 is 1.09 bits per heavy atom. The molecule has 0 aliphatic carbocycles. The number of halogens is 1. The zero-order valence-electron chi connectivity index (χ0n) is 11.9. The maximum absolute atomic E-state index is 13.1. The number of fused-ring (bicyclic) bond motifs is 1. The summed E-state index contributed by atoms with van der Waals surface area (Å²) in [6.07, 6.45) is 1.78. The fourth-order valence-electron chi connectivity index (χ4n) is 2.53. The van der Waals surface area contributed by atoms with Crippen LogP contribution in [0, 0.1) is 0 Å². The van der Waals surface area contributed by atoms with Gasteiger partial charge >= 0.3 is 0 Å². The smallest absolute Gasteiger partial charge is 0.270 e. The molecule has 0 saturated carbocycles. The van der Waals surface area contributed by atoms with Gasteiger partial charge in [-0.1, -0.05) is 41.9 Å². The summed E-state index contributed by atoms with van der Waals surface area (Å²) in [5.74, 6) is 0. The summed E-state index contributed by atoms with van der Waals surface area (Å²) in [5, 5.41) is 0.207. The van der Waals surface area contributed by atoms with Gasteiger partial charge in [0.05, 0.1) is 16.4 Å². The third-order valence-corrected chi connectivity index (χ3v) is 5.79. The van der Waals surface area contributed by atoms with Crippen LogP contribution in [-0.2, 0) is 10.0 Å². The van der Waals surface area contributed by atoms with E-state index in [1.807, 2.05) is 6.07 Å². The van der Waals surface area contributed by atoms with Crippen LogP contribution < -0.4 is 10.0 Å². The molecule has 22 heavy (non-hydrogen) atoms. The highest BCUT2D eigenvalue weighted by Crippen LogP contribution is 2.39. The Morgan fingerprint density at radius 3 is 2.41 bits per heavy atom. The van der Waals surface area contributed by atoms with E-state index in [0.29, 0.717) is 16.9 Å². The van der Waals surface area contributed by atoms with Gasteiger partial charge < -0.3 is 5.73 Å². The monoisotopic (exact) mass is 334 g/mol. The number of hydrogen-bond donors (Lipinski definition) is 1. The van der Waals surface area contributed by atoms with Gasteiger partial charge in [-0.2, -0.15) is 0 Å². The highest BCUT2D eigenvalue weighted by molar-refractivity contribution is 7.93. The summed E-state index contributed by atoms with van der Waals surface area (Å²) in [7, 11) is -3.81. The number of hydrogen-bond acceptors (Lipinski definition) is 3. The summed E-state index contributed by atoms with van der Waals surface area (Å²) in [4.78, 5) is 0.116. The lowest BCUT2D eigenvalue weighted by Crippen LogP contribution is -2.40. The third kappa shape index (κ3) is 2.31. The van der Waals surface area contributed by atoms with Gasteiger partial charge in [-0.3, -0.25) is 0 Å². The molecule has 0 radical (unpaired) electrons. The van der Waals surface area contributed by atoms with E-state index in [4.69, 9.17) is 17.3 Å². The fourth-order valence-corrected chi connectivity index (χ4v) is 4.82. The molecule has 1 atom stereocenters. The second-order valence-corrected chi connectivity index (χ2v) is 7.25. The minimum atomic E-state index is -3.81. The minimum absolute atomic E-state index is 0.116. The molecule has 4 nitrogen and oxygen atoms in total. The summed E-state index contributed by atoms with van der Waals surface area (Å²) < 4.78 is 27.4. The van der Waals surface area contributed by atoms with Crippen molar-refractivity contribution in [2.75, 3.05) is 4.31 Å². The minimum Gasteiger partial charge on any atom is -0.323 e. The summed E-state index contributed by atoms with van der Waals surface area (Å²) >= 11 is 6.14. The Labute approximate surface area is 134 Å². The molecule has 0 bridgehead atoms. The van der Waals surface area contributed by atoms with Crippen molar-refractivity contribution < 1.29 is 8.42 Å². The number of nitrogens with zero attached hydrogens (tertiary/aromatic N) is 1. The van der Waals surface area contributed by atoms with Crippen molar-refractivity contribution in [3.63, 3.8) is 0 Å². The van der Waals surface area contributed by atoms with Crippen LogP contribution in [-0.4, -0.2) is 14.5 Å². The standard InChI is InChI=1S/C16H15ClN2O2S/c1-11(18)15-10-12-6-5-9-14(17)16(12)22(20,21)19(15)13-7-3-2-4-8-13/h2-11H,18H2,1H3/t11-/m1/s1. The lowest BCUT2D eigenvalue weighted by atomic mass is 10.1. The molecule has 1 heterocycles. The van der Waals surface area contributed by atoms with Gasteiger partial charge in [-0.05, 0) is 36.8 Å². The first-order chi connectivity index (χ1) is 10.4. The largest absolute Gasteiger partial charge is 0.323 e. The molecule has 0 saturated heterocycles. The molecule has 0 spiro atoms. The summed E-state index contributed by atoms with van der Waals surface area (Å²) in [5.41, 5.74) is 7.62. The molecule has 3 rings (SSSR count). The second kappa shape index (κ2) is 5.43. The van der Waals surface area contributed by atoms with Gasteiger partial charge in [0.25, 0.3) is 10.0 Å². The summed E-state index contributed by atoms with van der Waals surface area (Å²) in [6.45, 7) is 1.76. The van der Waals surface area contributed by atoms with E-state index in [-0.39, 0.29) is 9.92 Å². The number of nitrogens with two attached hydrogens (primary N) is 1. The van der Waals surface area contributed by atoms with Crippen LogP contribution in [0.4, 0.5) is 5.69 Å². The molecule has 0 unspecified atom stereocenters. The van der Waals surface area contributed by atoms with Crippen molar-refractivity contribution >= 4 is 33.4 Å². The van der Waals surface area contributed by atoms with Gasteiger partial charge in [0.1, 0.15) is 4.90 Å². The van der Waals surface area contributed by atoms with Gasteiger partial charge in [-0.25, -0.2) is 12.7 Å². The predicted octanol–water partition coefficient (Wildman–Crippen LogP) is 3.24. The van der Waals surface area contributed by atoms with Gasteiger partial charge in [0.15, 0.2) is 0 Å². The number of benzene rings is 2. The van der Waals surface area contributed by atoms with Crippen LogP contribution in [0.3, 0.4) is 0 Å². The Morgan fingerprint density at radius 2 is 1.77 bits per heavy atom. The van der Waals surface area contributed by atoms with Crippen molar-refractivity contribution in [2.24, 2.45) is 5.73 Å². The Kier molecular flexibility index (Phi) is 3.72. The van der Waals surface area contributed by atoms with Gasteiger partial charge in [-0.15, -0.1) is 0 Å². The number of anilines is 1. The lowest BCUT2D eigenvalue weighted by Gasteiger charge is -2.33. The van der Waals surface area contributed by atoms with Gasteiger partial charge in [0, 0.05) is 6.04 Å². The maximum atomic E-state index is 13.1. The first-order valence-corrected chi connectivity index (χ1v) is 8.61. The topological polar surface area (TPSA) is 63.4 Å². The molecular weight excluding hydrogens is 320 g/mol. The van der Waals surface area contributed by atoms with Crippen molar-refractivity contribution in [2.45, 2.75) is 17.9 Å². The third-order valence-electron chi connectivity index (χ3n) is 3.49. The lowest BCUT2D eigenvalue weighted by molar-refractivity contribution is 0.591. The Hall–Kier alpha value is -1.82. The molecule has 114 valence electrons. The SMILES string of the molecule is C[C@@H](N)C1=Cc2cccc(Cl)c2S(=O)(=O)N1c1ccccc1. The zero-order chi connectivity index (χ0) is 15.9. The molecule has 1 aliphatic rings. The highest BCUT2D eigenvalue weighted by Gasteiger charge is 2.36. The Balaban J connectivity index is 2.33. The maximum Gasteiger partial charge on any atom is 0.270 e. The molecule has 2 aromatic carbocycles. The van der Waals surface area contributed by atoms with E-state index < -0.39 is 16.1 Å². The molecule has 2 aromatic rings. The second-order valence-electron chi connectivity index (χ2n) is 5.12. The normalized spacial score (nSPS) is 17.6. The predicted molar refractivity (Wildman–Crippen MR) is 89.2 cm³/mol. The highest BCUT2D eigenvalue weighted by atomic mass is 35.5. The van der Waals surface area contributed by atoms with E-state index >= 15 is 0 Å². The molecule has 0 aromatic heterocycles. The van der Waals surface area contributed by atoms with Crippen molar-refractivity contribution in [3.05, 3.63) is 64.8 Å². The molecule has 1 aliphatic heterocycles. The van der Waals surface area contributed by atoms with E-state index in [2.05, 4.69) is 0 Å². The number of sulfonamides is 1. The fraction of sp³-hybridized carbons (Fsp3) is 0.125. The molecular formula is C16H15ClN2O2S. The Bertz CT molecular complexity index is 846. The average molecular weight is 335 g/mol. The van der Waals surface area contributed by atoms with Crippen molar-refractivity contribution in [3.8, 4) is 0 Å². The zero-order valence-corrected chi connectivity index (χ0v) is 13.5. The molecule has 2 N–H and O–H groups in total. The average Bonchev–Trinajstić information content (AvgIpc) is 2.46. The van der Waals surface area contributed by atoms with Crippen molar-refractivity contribution in [1.29, 1.82) is 0 Å².